The van der Waals surface area contributed by atoms with Crippen LogP contribution in [0, 0.1) is 5.92 Å². The summed E-state index contributed by atoms with van der Waals surface area (Å²) < 4.78 is 12.9. The van der Waals surface area contributed by atoms with Crippen molar-refractivity contribution in [3.05, 3.63) is 50.2 Å². The number of nitrogen functional groups attached to an aromatic ring is 1. The Morgan fingerprint density at radius 2 is 1.93 bits per heavy atom. The Balaban J connectivity index is 1.82. The number of fused-ring (bicyclic) bond motifs is 1. The molecule has 156 valence electrons. The van der Waals surface area contributed by atoms with Gasteiger partial charge in [0.2, 0.25) is 6.79 Å². The molecule has 0 saturated heterocycles. The number of ketones is 1. The fourth-order valence-corrected chi connectivity index (χ4v) is 3.32. The van der Waals surface area contributed by atoms with Crippen LogP contribution < -0.4 is 26.5 Å². The first-order valence-corrected chi connectivity index (χ1v) is 9.38. The lowest BCUT2D eigenvalue weighted by molar-refractivity contribution is 0.0941. The summed E-state index contributed by atoms with van der Waals surface area (Å²) in [4.78, 5) is 39.6. The van der Waals surface area contributed by atoms with Crippen LogP contribution in [0.2, 0.25) is 0 Å². The van der Waals surface area contributed by atoms with E-state index in [9.17, 15) is 14.4 Å². The summed E-state index contributed by atoms with van der Waals surface area (Å²) in [5, 5.41) is 0. The van der Waals surface area contributed by atoms with Crippen LogP contribution in [-0.4, -0.2) is 40.2 Å². The third-order valence-electron chi connectivity index (χ3n) is 4.71. The Morgan fingerprint density at radius 1 is 1.24 bits per heavy atom. The predicted molar refractivity (Wildman–Crippen MR) is 108 cm³/mol. The normalized spacial score (nSPS) is 12.8. The lowest BCUT2D eigenvalue weighted by Crippen LogP contribution is -2.44. The molecular weight excluding hydrogens is 376 g/mol. The van der Waals surface area contributed by atoms with E-state index in [-0.39, 0.29) is 30.6 Å². The molecule has 3 rings (SSSR count). The molecule has 0 fully saturated rings. The molecule has 0 unspecified atom stereocenters. The van der Waals surface area contributed by atoms with Crippen molar-refractivity contribution in [2.24, 2.45) is 13.0 Å². The Kier molecular flexibility index (Phi) is 5.78. The zero-order chi connectivity index (χ0) is 21.3. The van der Waals surface area contributed by atoms with Crippen LogP contribution in [0.5, 0.6) is 11.5 Å². The van der Waals surface area contributed by atoms with E-state index < -0.39 is 17.0 Å². The molecule has 0 saturated carbocycles. The van der Waals surface area contributed by atoms with Gasteiger partial charge in [-0.25, -0.2) is 4.79 Å². The topological polar surface area (TPSA) is 109 Å². The molecule has 9 nitrogen and oxygen atoms in total. The average molecular weight is 402 g/mol. The fourth-order valence-electron chi connectivity index (χ4n) is 3.32. The fraction of sp³-hybridized carbons (Fsp3) is 0.450. The molecular formula is C20H26N4O5. The van der Waals surface area contributed by atoms with E-state index in [1.54, 1.807) is 11.9 Å². The number of benzene rings is 1. The molecule has 0 radical (unpaired) electrons. The third-order valence-corrected chi connectivity index (χ3v) is 4.71. The lowest BCUT2D eigenvalue weighted by atomic mass is 10.1. The van der Waals surface area contributed by atoms with Crippen LogP contribution in [0.3, 0.4) is 0 Å². The van der Waals surface area contributed by atoms with Crippen LogP contribution in [0.25, 0.3) is 0 Å². The first-order chi connectivity index (χ1) is 13.7. The molecule has 2 aromatic rings. The van der Waals surface area contributed by atoms with Crippen molar-refractivity contribution >= 4 is 11.6 Å². The standard InChI is InChI=1S/C20H26N4O5/c1-12(2)8-24-18(21)17(19(26)23(4)20(24)27)14(25)10-22(3)9-13-5-6-15-16(7-13)29-11-28-15/h5-7,12H,8-11,21H2,1-4H3. The summed E-state index contributed by atoms with van der Waals surface area (Å²) >= 11 is 0. The summed E-state index contributed by atoms with van der Waals surface area (Å²) in [6, 6.07) is 5.58. The number of nitrogens with zero attached hydrogens (tertiary/aromatic N) is 3. The van der Waals surface area contributed by atoms with Crippen LogP contribution in [0.15, 0.2) is 27.8 Å². The van der Waals surface area contributed by atoms with E-state index in [2.05, 4.69) is 0 Å². The minimum Gasteiger partial charge on any atom is -0.454 e. The van der Waals surface area contributed by atoms with Gasteiger partial charge in [-0.15, -0.1) is 0 Å². The molecule has 1 aliphatic rings. The number of Topliss-reactive ketones (excluding diaryl/α,β-unsaturated/α-hetero) is 1. The van der Waals surface area contributed by atoms with Gasteiger partial charge in [0.1, 0.15) is 11.4 Å². The quantitative estimate of drug-likeness (QED) is 0.683. The van der Waals surface area contributed by atoms with Crippen molar-refractivity contribution in [3.63, 3.8) is 0 Å². The van der Waals surface area contributed by atoms with Crippen molar-refractivity contribution in [2.75, 3.05) is 26.1 Å². The van der Waals surface area contributed by atoms with E-state index in [0.29, 0.717) is 24.6 Å². The van der Waals surface area contributed by atoms with Gasteiger partial charge in [-0.05, 0) is 30.7 Å². The molecule has 1 aromatic carbocycles. The van der Waals surface area contributed by atoms with E-state index >= 15 is 0 Å². The summed E-state index contributed by atoms with van der Waals surface area (Å²) in [6.07, 6.45) is 0. The zero-order valence-electron chi connectivity index (χ0n) is 17.1. The maximum Gasteiger partial charge on any atom is 0.332 e. The summed E-state index contributed by atoms with van der Waals surface area (Å²) in [6.45, 7) is 4.82. The van der Waals surface area contributed by atoms with Gasteiger partial charge in [-0.3, -0.25) is 23.6 Å². The molecule has 2 heterocycles. The average Bonchev–Trinajstić information content (AvgIpc) is 3.11. The highest BCUT2D eigenvalue weighted by Crippen LogP contribution is 2.32. The first kappa shape index (κ1) is 20.7. The number of carbonyl (C=O) groups excluding carboxylic acids is 1. The van der Waals surface area contributed by atoms with Crippen LogP contribution in [0.1, 0.15) is 29.8 Å². The number of hydrogen-bond donors (Lipinski definition) is 1. The molecule has 0 bridgehead atoms. The number of ether oxygens (including phenoxy) is 2. The minimum absolute atomic E-state index is 0.0201. The highest BCUT2D eigenvalue weighted by molar-refractivity contribution is 6.01. The Morgan fingerprint density at radius 3 is 2.62 bits per heavy atom. The largest absolute Gasteiger partial charge is 0.454 e. The molecule has 2 N–H and O–H groups in total. The number of anilines is 1. The molecule has 0 spiro atoms. The summed E-state index contributed by atoms with van der Waals surface area (Å²) in [7, 11) is 3.13. The van der Waals surface area contributed by atoms with Gasteiger partial charge in [0.05, 0.1) is 6.54 Å². The van der Waals surface area contributed by atoms with Crippen molar-refractivity contribution in [1.29, 1.82) is 0 Å². The summed E-state index contributed by atoms with van der Waals surface area (Å²) in [5.74, 6) is 0.985. The molecule has 9 heteroatoms. The second-order valence-electron chi connectivity index (χ2n) is 7.69. The van der Waals surface area contributed by atoms with Gasteiger partial charge in [0, 0.05) is 20.1 Å². The molecule has 1 aliphatic heterocycles. The Labute approximate surface area is 168 Å². The highest BCUT2D eigenvalue weighted by Gasteiger charge is 2.23. The maximum absolute atomic E-state index is 12.9. The van der Waals surface area contributed by atoms with Crippen LogP contribution in [-0.2, 0) is 20.1 Å². The van der Waals surface area contributed by atoms with Gasteiger partial charge >= 0.3 is 5.69 Å². The van der Waals surface area contributed by atoms with E-state index in [4.69, 9.17) is 15.2 Å². The SMILES string of the molecule is CC(C)Cn1c(N)c(C(=O)CN(C)Cc2ccc3c(c2)OCO3)c(=O)n(C)c1=O. The number of likely N-dealkylation sites (N-methyl/N-ethyl adjacent to an activating group) is 1. The number of aromatic nitrogens is 2. The molecule has 0 atom stereocenters. The molecule has 0 amide bonds. The van der Waals surface area contributed by atoms with Gasteiger partial charge in [-0.2, -0.15) is 0 Å². The van der Waals surface area contributed by atoms with E-state index in [1.165, 1.54) is 11.6 Å². The maximum atomic E-state index is 12.9. The van der Waals surface area contributed by atoms with Gasteiger partial charge in [0.25, 0.3) is 5.56 Å². The second-order valence-corrected chi connectivity index (χ2v) is 7.69. The Bertz CT molecular complexity index is 1050. The molecule has 0 aliphatic carbocycles. The number of rotatable bonds is 7. The van der Waals surface area contributed by atoms with E-state index in [1.807, 2.05) is 32.0 Å². The third kappa shape index (κ3) is 4.19. The van der Waals surface area contributed by atoms with Crippen molar-refractivity contribution < 1.29 is 14.3 Å². The highest BCUT2D eigenvalue weighted by atomic mass is 16.7. The van der Waals surface area contributed by atoms with Gasteiger partial charge < -0.3 is 15.2 Å². The zero-order valence-corrected chi connectivity index (χ0v) is 17.1. The second kappa shape index (κ2) is 8.12. The monoisotopic (exact) mass is 402 g/mol. The van der Waals surface area contributed by atoms with Crippen molar-refractivity contribution in [2.45, 2.75) is 26.9 Å². The van der Waals surface area contributed by atoms with Crippen LogP contribution >= 0.6 is 0 Å². The first-order valence-electron chi connectivity index (χ1n) is 9.38. The number of carbonyl (C=O) groups is 1. The van der Waals surface area contributed by atoms with E-state index in [0.717, 1.165) is 10.1 Å². The lowest BCUT2D eigenvalue weighted by Gasteiger charge is -2.19. The van der Waals surface area contributed by atoms with Crippen molar-refractivity contribution in [3.8, 4) is 11.5 Å². The predicted octanol–water partition coefficient (Wildman–Crippen LogP) is 0.829. The van der Waals surface area contributed by atoms with Gasteiger partial charge in [-0.1, -0.05) is 19.9 Å². The molecule has 1 aromatic heterocycles. The Hall–Kier alpha value is -3.07. The van der Waals surface area contributed by atoms with Crippen LogP contribution in [0.4, 0.5) is 5.82 Å². The summed E-state index contributed by atoms with van der Waals surface area (Å²) in [5.41, 5.74) is 5.67. The number of nitrogens with two attached hydrogens (primary N) is 1. The van der Waals surface area contributed by atoms with Crippen molar-refractivity contribution in [1.82, 2.24) is 14.0 Å². The minimum atomic E-state index is -0.672. The smallest absolute Gasteiger partial charge is 0.332 e. The molecule has 29 heavy (non-hydrogen) atoms. The number of hydrogen-bond acceptors (Lipinski definition) is 7. The van der Waals surface area contributed by atoms with Gasteiger partial charge in [0.15, 0.2) is 17.3 Å².